The summed E-state index contributed by atoms with van der Waals surface area (Å²) in [4.78, 5) is 12.1. The highest BCUT2D eigenvalue weighted by Crippen LogP contribution is 2.24. The van der Waals surface area contributed by atoms with Crippen LogP contribution in [-0.2, 0) is 19.6 Å². The zero-order chi connectivity index (χ0) is 19.2. The average Bonchev–Trinajstić information content (AvgIpc) is 3.08. The number of aryl methyl sites for hydroxylation is 1. The van der Waals surface area contributed by atoms with E-state index >= 15 is 0 Å². The fourth-order valence-corrected chi connectivity index (χ4v) is 4.44. The van der Waals surface area contributed by atoms with Crippen LogP contribution in [0.4, 0.5) is 5.69 Å². The zero-order valence-electron chi connectivity index (χ0n) is 14.6. The van der Waals surface area contributed by atoms with E-state index in [2.05, 4.69) is 10.0 Å². The molecular formula is C17H22N2O5S2. The third-order valence-electron chi connectivity index (χ3n) is 3.51. The molecule has 1 aromatic carbocycles. The summed E-state index contributed by atoms with van der Waals surface area (Å²) in [5, 5.41) is 13.5. The number of amides is 1. The van der Waals surface area contributed by atoms with Crippen LogP contribution in [0.3, 0.4) is 0 Å². The van der Waals surface area contributed by atoms with Gasteiger partial charge in [0.15, 0.2) is 0 Å². The van der Waals surface area contributed by atoms with E-state index in [0.29, 0.717) is 11.3 Å². The van der Waals surface area contributed by atoms with Crippen molar-refractivity contribution in [2.45, 2.75) is 24.8 Å². The number of anilines is 1. The third-order valence-corrected chi connectivity index (χ3v) is 6.06. The molecule has 1 aromatic heterocycles. The van der Waals surface area contributed by atoms with Gasteiger partial charge in [-0.2, -0.15) is 0 Å². The number of nitrogens with one attached hydrogen (secondary N) is 2. The molecule has 0 fully saturated rings. The molecule has 0 radical (unpaired) electrons. The largest absolute Gasteiger partial charge is 0.394 e. The lowest BCUT2D eigenvalue weighted by atomic mass is 10.2. The number of aliphatic hydroxyl groups excluding tert-OH is 1. The van der Waals surface area contributed by atoms with Gasteiger partial charge in [0.05, 0.1) is 18.1 Å². The predicted molar refractivity (Wildman–Crippen MR) is 101 cm³/mol. The Morgan fingerprint density at radius 3 is 2.69 bits per heavy atom. The molecule has 2 aromatic rings. The quantitative estimate of drug-likeness (QED) is 0.600. The van der Waals surface area contributed by atoms with Crippen LogP contribution in [0.25, 0.3) is 0 Å². The van der Waals surface area contributed by atoms with Crippen molar-refractivity contribution in [3.05, 3.63) is 46.2 Å². The molecule has 0 aliphatic rings. The fraction of sp³-hybridized carbons (Fsp3) is 0.353. The first kappa shape index (κ1) is 20.5. The number of hydrogen-bond donors (Lipinski definition) is 3. The molecule has 1 heterocycles. The van der Waals surface area contributed by atoms with Gasteiger partial charge in [-0.15, -0.1) is 11.3 Å². The SMILES string of the molecule is CC(=O)Nc1ccc(S(=O)(=O)NCC(OCCO)c2cccs2)c(C)c1. The number of thiophene rings is 1. The summed E-state index contributed by atoms with van der Waals surface area (Å²) in [7, 11) is -3.75. The van der Waals surface area contributed by atoms with E-state index < -0.39 is 16.1 Å². The molecule has 0 saturated heterocycles. The second kappa shape index (κ2) is 9.24. The highest BCUT2D eigenvalue weighted by Gasteiger charge is 2.21. The molecule has 9 heteroatoms. The van der Waals surface area contributed by atoms with Crippen molar-refractivity contribution in [3.63, 3.8) is 0 Å². The lowest BCUT2D eigenvalue weighted by molar-refractivity contribution is -0.114. The maximum Gasteiger partial charge on any atom is 0.240 e. The topological polar surface area (TPSA) is 105 Å². The molecule has 1 atom stereocenters. The second-order valence-electron chi connectivity index (χ2n) is 5.61. The molecule has 1 amide bonds. The van der Waals surface area contributed by atoms with Crippen LogP contribution in [0.15, 0.2) is 40.6 Å². The molecule has 3 N–H and O–H groups in total. The van der Waals surface area contributed by atoms with E-state index in [4.69, 9.17) is 9.84 Å². The molecule has 0 bridgehead atoms. The van der Waals surface area contributed by atoms with E-state index in [1.807, 2.05) is 17.5 Å². The Kier molecular flexibility index (Phi) is 7.30. The molecule has 0 aliphatic carbocycles. The molecular weight excluding hydrogens is 376 g/mol. The first-order chi connectivity index (χ1) is 12.3. The summed E-state index contributed by atoms with van der Waals surface area (Å²) < 4.78 is 33.4. The Morgan fingerprint density at radius 2 is 2.12 bits per heavy atom. The maximum atomic E-state index is 12.6. The van der Waals surface area contributed by atoms with E-state index in [1.165, 1.54) is 24.3 Å². The lowest BCUT2D eigenvalue weighted by Crippen LogP contribution is -2.30. The minimum absolute atomic E-state index is 0.0513. The standard InChI is InChI=1S/C17H22N2O5S2/c1-12-10-14(19-13(2)21)5-6-17(12)26(22,23)18-11-15(24-8-7-20)16-4-3-9-25-16/h3-6,9-10,15,18,20H,7-8,11H2,1-2H3,(H,19,21). The minimum atomic E-state index is -3.75. The third kappa shape index (κ3) is 5.61. The van der Waals surface area contributed by atoms with Gasteiger partial charge in [0.2, 0.25) is 15.9 Å². The summed E-state index contributed by atoms with van der Waals surface area (Å²) in [6.45, 7) is 3.08. The van der Waals surface area contributed by atoms with Crippen LogP contribution in [0, 0.1) is 6.92 Å². The Morgan fingerprint density at radius 1 is 1.35 bits per heavy atom. The average molecular weight is 399 g/mol. The Balaban J connectivity index is 2.13. The van der Waals surface area contributed by atoms with Crippen molar-refractivity contribution in [1.82, 2.24) is 4.72 Å². The van der Waals surface area contributed by atoms with Gasteiger partial charge in [-0.25, -0.2) is 13.1 Å². The summed E-state index contributed by atoms with van der Waals surface area (Å²) in [6.07, 6.45) is -0.476. The highest BCUT2D eigenvalue weighted by atomic mass is 32.2. The van der Waals surface area contributed by atoms with Crippen molar-refractivity contribution in [2.24, 2.45) is 0 Å². The molecule has 0 aliphatic heterocycles. The van der Waals surface area contributed by atoms with Gasteiger partial charge in [0, 0.05) is 24.0 Å². The van der Waals surface area contributed by atoms with Crippen molar-refractivity contribution >= 4 is 33.0 Å². The van der Waals surface area contributed by atoms with Gasteiger partial charge in [-0.05, 0) is 42.1 Å². The van der Waals surface area contributed by atoms with E-state index in [-0.39, 0.29) is 30.6 Å². The van der Waals surface area contributed by atoms with Crippen molar-refractivity contribution in [1.29, 1.82) is 0 Å². The van der Waals surface area contributed by atoms with Gasteiger partial charge in [0.1, 0.15) is 6.10 Å². The number of aliphatic hydroxyl groups is 1. The van der Waals surface area contributed by atoms with E-state index in [0.717, 1.165) is 4.88 Å². The van der Waals surface area contributed by atoms with Crippen LogP contribution >= 0.6 is 11.3 Å². The van der Waals surface area contributed by atoms with Gasteiger partial charge in [0.25, 0.3) is 0 Å². The maximum absolute atomic E-state index is 12.6. The molecule has 0 spiro atoms. The summed E-state index contributed by atoms with van der Waals surface area (Å²) in [5.41, 5.74) is 1.06. The predicted octanol–water partition coefficient (Wildman–Crippen LogP) is 2.04. The molecule has 2 rings (SSSR count). The van der Waals surface area contributed by atoms with E-state index in [1.54, 1.807) is 19.1 Å². The van der Waals surface area contributed by atoms with Crippen LogP contribution in [0.1, 0.15) is 23.5 Å². The lowest BCUT2D eigenvalue weighted by Gasteiger charge is -2.18. The normalized spacial score (nSPS) is 12.7. The Hall–Kier alpha value is -1.78. The summed E-state index contributed by atoms with van der Waals surface area (Å²) in [6, 6.07) is 8.32. The highest BCUT2D eigenvalue weighted by molar-refractivity contribution is 7.89. The molecule has 0 saturated carbocycles. The van der Waals surface area contributed by atoms with Crippen molar-refractivity contribution < 1.29 is 23.1 Å². The van der Waals surface area contributed by atoms with Gasteiger partial charge < -0.3 is 15.2 Å². The van der Waals surface area contributed by atoms with Crippen LogP contribution in [0.5, 0.6) is 0 Å². The molecule has 1 unspecified atom stereocenters. The minimum Gasteiger partial charge on any atom is -0.394 e. The molecule has 142 valence electrons. The van der Waals surface area contributed by atoms with Gasteiger partial charge in [-0.3, -0.25) is 4.79 Å². The van der Waals surface area contributed by atoms with Gasteiger partial charge >= 0.3 is 0 Å². The number of sulfonamides is 1. The summed E-state index contributed by atoms with van der Waals surface area (Å²) in [5.74, 6) is -0.224. The number of ether oxygens (including phenoxy) is 1. The zero-order valence-corrected chi connectivity index (χ0v) is 16.2. The molecule has 7 nitrogen and oxygen atoms in total. The van der Waals surface area contributed by atoms with Crippen molar-refractivity contribution in [2.75, 3.05) is 25.1 Å². The monoisotopic (exact) mass is 398 g/mol. The molecule has 26 heavy (non-hydrogen) atoms. The first-order valence-electron chi connectivity index (χ1n) is 7.97. The number of rotatable bonds is 9. The number of carbonyl (C=O) groups excluding carboxylic acids is 1. The fourth-order valence-electron chi connectivity index (χ4n) is 2.41. The number of benzene rings is 1. The summed E-state index contributed by atoms with van der Waals surface area (Å²) >= 11 is 1.46. The van der Waals surface area contributed by atoms with Crippen LogP contribution < -0.4 is 10.0 Å². The smallest absolute Gasteiger partial charge is 0.240 e. The van der Waals surface area contributed by atoms with E-state index in [9.17, 15) is 13.2 Å². The van der Waals surface area contributed by atoms with Crippen LogP contribution in [0.2, 0.25) is 0 Å². The first-order valence-corrected chi connectivity index (χ1v) is 10.3. The van der Waals surface area contributed by atoms with Crippen molar-refractivity contribution in [3.8, 4) is 0 Å². The van der Waals surface area contributed by atoms with Crippen LogP contribution in [-0.4, -0.2) is 39.2 Å². The van der Waals surface area contributed by atoms with Gasteiger partial charge in [-0.1, -0.05) is 6.07 Å². The number of hydrogen-bond acceptors (Lipinski definition) is 6. The Labute approximate surface area is 157 Å². The Bertz CT molecular complexity index is 835. The second-order valence-corrected chi connectivity index (χ2v) is 8.33. The number of carbonyl (C=O) groups is 1.